The molecule has 0 bridgehead atoms. The van der Waals surface area contributed by atoms with Crippen LogP contribution in [-0.4, -0.2) is 40.0 Å². The fraction of sp³-hybridized carbons (Fsp3) is 0.625. The van der Waals surface area contributed by atoms with E-state index in [4.69, 9.17) is 11.6 Å². The smallest absolute Gasteiger partial charge is 0.239 e. The number of hydrogen-bond donors (Lipinski definition) is 3. The van der Waals surface area contributed by atoms with E-state index in [0.29, 0.717) is 22.8 Å². The Morgan fingerprint density at radius 2 is 2.03 bits per heavy atom. The van der Waals surface area contributed by atoms with E-state index in [-0.39, 0.29) is 24.0 Å². The highest BCUT2D eigenvalue weighted by molar-refractivity contribution is 6.31. The van der Waals surface area contributed by atoms with E-state index < -0.39 is 0 Å². The Labute approximate surface area is 190 Å². The second-order valence-corrected chi connectivity index (χ2v) is 10.2. The highest BCUT2D eigenvalue weighted by Crippen LogP contribution is 2.30. The van der Waals surface area contributed by atoms with Gasteiger partial charge >= 0.3 is 0 Å². The molecule has 2 aromatic rings. The number of fused-ring (bicyclic) bond motifs is 1. The lowest BCUT2D eigenvalue weighted by molar-refractivity contribution is -0.120. The second kappa shape index (κ2) is 10.6. The summed E-state index contributed by atoms with van der Waals surface area (Å²) in [4.78, 5) is 21.3. The molecule has 1 fully saturated rings. The first-order valence-electron chi connectivity index (χ1n) is 11.5. The van der Waals surface area contributed by atoms with Crippen LogP contribution >= 0.6 is 11.6 Å². The Bertz CT molecular complexity index is 882. The molecule has 1 aliphatic carbocycles. The summed E-state index contributed by atoms with van der Waals surface area (Å²) in [6, 6.07) is 6.23. The summed E-state index contributed by atoms with van der Waals surface area (Å²) in [6.45, 7) is 9.07. The standard InChI is InChI=1S/C24H36ClN5O/c1-5-6-7-16-12-18(30-24(2,3)4)9-11-20(16)29-22(31)14-26-23-19-13-17(25)8-10-21(19)27-15-28-23/h8,10,13,15-16,18,20,30H,5-7,9,11-12,14H2,1-4H3,(H,29,31)(H,26,27,28). The molecule has 1 aromatic heterocycles. The molecule has 3 atom stereocenters. The maximum absolute atomic E-state index is 12.8. The topological polar surface area (TPSA) is 78.9 Å². The third-order valence-electron chi connectivity index (χ3n) is 5.91. The van der Waals surface area contributed by atoms with Gasteiger partial charge in [-0.3, -0.25) is 4.79 Å². The van der Waals surface area contributed by atoms with Crippen LogP contribution in [0, 0.1) is 5.92 Å². The van der Waals surface area contributed by atoms with Crippen LogP contribution in [0.5, 0.6) is 0 Å². The van der Waals surface area contributed by atoms with E-state index in [0.717, 1.165) is 36.6 Å². The molecule has 6 nitrogen and oxygen atoms in total. The molecule has 3 N–H and O–H groups in total. The van der Waals surface area contributed by atoms with E-state index >= 15 is 0 Å². The molecule has 1 aromatic carbocycles. The van der Waals surface area contributed by atoms with Gasteiger partial charge in [-0.05, 0) is 70.6 Å². The summed E-state index contributed by atoms with van der Waals surface area (Å²) in [7, 11) is 0. The first-order chi connectivity index (χ1) is 14.7. The van der Waals surface area contributed by atoms with Gasteiger partial charge in [-0.25, -0.2) is 9.97 Å². The van der Waals surface area contributed by atoms with Crippen molar-refractivity contribution < 1.29 is 4.79 Å². The minimum absolute atomic E-state index is 0.00233. The predicted molar refractivity (Wildman–Crippen MR) is 129 cm³/mol. The van der Waals surface area contributed by atoms with Gasteiger partial charge in [-0.1, -0.05) is 31.4 Å². The minimum atomic E-state index is 0.00233. The van der Waals surface area contributed by atoms with E-state index in [9.17, 15) is 4.79 Å². The van der Waals surface area contributed by atoms with Crippen molar-refractivity contribution in [1.82, 2.24) is 20.6 Å². The number of amides is 1. The van der Waals surface area contributed by atoms with Crippen LogP contribution in [-0.2, 0) is 4.79 Å². The SMILES string of the molecule is CCCCC1CC(NC(C)(C)C)CCC1NC(=O)CNc1ncnc2ccc(Cl)cc12. The Balaban J connectivity index is 1.59. The van der Waals surface area contributed by atoms with Crippen LogP contribution in [0.3, 0.4) is 0 Å². The van der Waals surface area contributed by atoms with E-state index in [2.05, 4.69) is 53.6 Å². The first-order valence-corrected chi connectivity index (χ1v) is 11.8. The molecular formula is C24H36ClN5O. The quantitative estimate of drug-likeness (QED) is 0.537. The van der Waals surface area contributed by atoms with Crippen molar-refractivity contribution in [3.63, 3.8) is 0 Å². The molecule has 31 heavy (non-hydrogen) atoms. The molecule has 0 radical (unpaired) electrons. The number of anilines is 1. The van der Waals surface area contributed by atoms with Crippen LogP contribution < -0.4 is 16.0 Å². The number of halogens is 1. The van der Waals surface area contributed by atoms with Crippen molar-refractivity contribution in [3.8, 4) is 0 Å². The lowest BCUT2D eigenvalue weighted by atomic mass is 9.78. The molecule has 7 heteroatoms. The number of hydrogen-bond acceptors (Lipinski definition) is 5. The fourth-order valence-corrected chi connectivity index (χ4v) is 4.75. The fourth-order valence-electron chi connectivity index (χ4n) is 4.57. The highest BCUT2D eigenvalue weighted by Gasteiger charge is 2.32. The molecule has 3 rings (SSSR count). The molecule has 1 amide bonds. The van der Waals surface area contributed by atoms with E-state index in [1.54, 1.807) is 6.07 Å². The largest absolute Gasteiger partial charge is 0.360 e. The number of carbonyl (C=O) groups excluding carboxylic acids is 1. The molecule has 170 valence electrons. The van der Waals surface area contributed by atoms with Gasteiger partial charge in [0.1, 0.15) is 12.1 Å². The van der Waals surface area contributed by atoms with Crippen LogP contribution in [0.1, 0.15) is 66.2 Å². The molecule has 1 aliphatic rings. The number of rotatable bonds is 8. The molecule has 1 heterocycles. The maximum atomic E-state index is 12.8. The van der Waals surface area contributed by atoms with Crippen molar-refractivity contribution in [2.75, 3.05) is 11.9 Å². The minimum Gasteiger partial charge on any atom is -0.360 e. The average Bonchev–Trinajstić information content (AvgIpc) is 2.71. The van der Waals surface area contributed by atoms with E-state index in [1.165, 1.54) is 19.2 Å². The number of unbranched alkanes of at least 4 members (excludes halogenated alkanes) is 1. The van der Waals surface area contributed by atoms with Crippen molar-refractivity contribution >= 4 is 34.2 Å². The van der Waals surface area contributed by atoms with Gasteiger partial charge in [-0.2, -0.15) is 0 Å². The number of nitrogens with one attached hydrogen (secondary N) is 3. The van der Waals surface area contributed by atoms with Crippen molar-refractivity contribution in [3.05, 3.63) is 29.5 Å². The third kappa shape index (κ3) is 7.04. The zero-order valence-electron chi connectivity index (χ0n) is 19.2. The lowest BCUT2D eigenvalue weighted by Crippen LogP contribution is -2.52. The Kier molecular flexibility index (Phi) is 8.11. The normalized spacial score (nSPS) is 21.8. The molecular weight excluding hydrogens is 410 g/mol. The predicted octanol–water partition coefficient (Wildman–Crippen LogP) is 4.93. The van der Waals surface area contributed by atoms with Crippen molar-refractivity contribution in [1.29, 1.82) is 0 Å². The second-order valence-electron chi connectivity index (χ2n) is 9.72. The molecule has 1 saturated carbocycles. The average molecular weight is 446 g/mol. The zero-order valence-corrected chi connectivity index (χ0v) is 19.9. The van der Waals surface area contributed by atoms with Crippen LogP contribution in [0.4, 0.5) is 5.82 Å². The number of carbonyl (C=O) groups is 1. The molecule has 0 saturated heterocycles. The Hall–Kier alpha value is -1.92. The van der Waals surface area contributed by atoms with E-state index in [1.807, 2.05) is 12.1 Å². The Morgan fingerprint density at radius 3 is 2.77 bits per heavy atom. The van der Waals surface area contributed by atoms with Crippen molar-refractivity contribution in [2.24, 2.45) is 5.92 Å². The van der Waals surface area contributed by atoms with Gasteiger partial charge in [0.25, 0.3) is 0 Å². The maximum Gasteiger partial charge on any atom is 0.239 e. The molecule has 3 unspecified atom stereocenters. The lowest BCUT2D eigenvalue weighted by Gasteiger charge is -2.40. The summed E-state index contributed by atoms with van der Waals surface area (Å²) >= 11 is 6.12. The summed E-state index contributed by atoms with van der Waals surface area (Å²) < 4.78 is 0. The number of benzene rings is 1. The number of nitrogens with zero attached hydrogens (tertiary/aromatic N) is 2. The van der Waals surface area contributed by atoms with Gasteiger partial charge in [0.2, 0.25) is 5.91 Å². The monoisotopic (exact) mass is 445 g/mol. The highest BCUT2D eigenvalue weighted by atomic mass is 35.5. The molecule has 0 aliphatic heterocycles. The van der Waals surface area contributed by atoms with Crippen LogP contribution in [0.25, 0.3) is 10.9 Å². The van der Waals surface area contributed by atoms with Gasteiger partial charge in [0.05, 0.1) is 12.1 Å². The third-order valence-corrected chi connectivity index (χ3v) is 6.14. The van der Waals surface area contributed by atoms with Gasteiger partial charge in [-0.15, -0.1) is 0 Å². The molecule has 0 spiro atoms. The van der Waals surface area contributed by atoms with Gasteiger partial charge in [0.15, 0.2) is 0 Å². The van der Waals surface area contributed by atoms with Crippen LogP contribution in [0.15, 0.2) is 24.5 Å². The summed E-state index contributed by atoms with van der Waals surface area (Å²) in [5, 5.41) is 11.7. The van der Waals surface area contributed by atoms with Gasteiger partial charge < -0.3 is 16.0 Å². The van der Waals surface area contributed by atoms with Crippen LogP contribution in [0.2, 0.25) is 5.02 Å². The summed E-state index contributed by atoms with van der Waals surface area (Å²) in [5.41, 5.74) is 0.912. The zero-order chi connectivity index (χ0) is 22.4. The summed E-state index contributed by atoms with van der Waals surface area (Å²) in [5.74, 6) is 1.14. The number of aromatic nitrogens is 2. The summed E-state index contributed by atoms with van der Waals surface area (Å²) in [6.07, 6.45) is 8.26. The Morgan fingerprint density at radius 1 is 1.23 bits per heavy atom. The van der Waals surface area contributed by atoms with Crippen molar-refractivity contribution in [2.45, 2.75) is 83.8 Å². The van der Waals surface area contributed by atoms with Gasteiger partial charge in [0, 0.05) is 28.0 Å². The first kappa shape index (κ1) is 23.7.